The van der Waals surface area contributed by atoms with Gasteiger partial charge in [0.1, 0.15) is 0 Å². The van der Waals surface area contributed by atoms with Gasteiger partial charge in [0.25, 0.3) is 5.91 Å². The number of carbonyl (C=O) groups is 2. The number of nitrogens with one attached hydrogen (secondary N) is 1. The molecule has 4 fully saturated rings. The third kappa shape index (κ3) is 3.79. The molecular formula is C22H29NO3. The van der Waals surface area contributed by atoms with E-state index in [9.17, 15) is 9.59 Å². The average molecular weight is 355 g/mol. The van der Waals surface area contributed by atoms with Crippen molar-refractivity contribution in [3.8, 4) is 0 Å². The second-order valence-electron chi connectivity index (χ2n) is 8.93. The number of ether oxygens (including phenoxy) is 1. The third-order valence-electron chi connectivity index (χ3n) is 6.67. The van der Waals surface area contributed by atoms with Crippen LogP contribution in [0.5, 0.6) is 0 Å². The highest BCUT2D eigenvalue weighted by atomic mass is 16.5. The lowest BCUT2D eigenvalue weighted by atomic mass is 9.49. The Labute approximate surface area is 155 Å². The minimum atomic E-state index is -0.736. The Balaban J connectivity index is 1.27. The Morgan fingerprint density at radius 3 is 2.23 bits per heavy atom. The van der Waals surface area contributed by atoms with Crippen LogP contribution >= 0.6 is 0 Å². The number of carbonyl (C=O) groups excluding carboxylic acids is 2. The standard InChI is InChI=1S/C22H29NO3/c1-15(21(25)23-14-16-5-3-2-4-6-16)26-20(24)13-22-10-17-7-18(11-22)9-19(8-17)12-22/h2-6,15,17-19H,7-14H2,1H3,(H,23,25)/t15-,17?,18?,19?,22?/m1/s1. The molecule has 0 saturated heterocycles. The van der Waals surface area contributed by atoms with Crippen LogP contribution in [0.1, 0.15) is 57.4 Å². The lowest BCUT2D eigenvalue weighted by Gasteiger charge is -2.56. The van der Waals surface area contributed by atoms with Crippen LogP contribution in [-0.4, -0.2) is 18.0 Å². The van der Waals surface area contributed by atoms with E-state index < -0.39 is 6.10 Å². The summed E-state index contributed by atoms with van der Waals surface area (Å²) < 4.78 is 5.49. The molecule has 0 heterocycles. The topological polar surface area (TPSA) is 55.4 Å². The maximum atomic E-state index is 12.5. The van der Waals surface area contributed by atoms with Gasteiger partial charge in [-0.05, 0) is 74.2 Å². The van der Waals surface area contributed by atoms with Crippen LogP contribution in [0.2, 0.25) is 0 Å². The number of amides is 1. The highest BCUT2D eigenvalue weighted by Crippen LogP contribution is 2.61. The van der Waals surface area contributed by atoms with E-state index in [1.165, 1.54) is 38.5 Å². The molecule has 5 rings (SSSR count). The molecule has 4 aliphatic rings. The summed E-state index contributed by atoms with van der Waals surface area (Å²) >= 11 is 0. The van der Waals surface area contributed by atoms with E-state index in [0.29, 0.717) is 13.0 Å². The lowest BCUT2D eigenvalue weighted by Crippen LogP contribution is -2.47. The predicted octanol–water partition coefficient (Wildman–Crippen LogP) is 3.84. The predicted molar refractivity (Wildman–Crippen MR) is 99.1 cm³/mol. The molecule has 1 aromatic carbocycles. The molecule has 1 aromatic rings. The van der Waals surface area contributed by atoms with Crippen LogP contribution in [0.3, 0.4) is 0 Å². The van der Waals surface area contributed by atoms with Crippen molar-refractivity contribution in [3.63, 3.8) is 0 Å². The molecule has 1 amide bonds. The fraction of sp³-hybridized carbons (Fsp3) is 0.636. The number of hydrogen-bond donors (Lipinski definition) is 1. The average Bonchev–Trinajstić information content (AvgIpc) is 2.58. The monoisotopic (exact) mass is 355 g/mol. The van der Waals surface area contributed by atoms with Gasteiger partial charge in [0, 0.05) is 6.54 Å². The van der Waals surface area contributed by atoms with E-state index in [2.05, 4.69) is 5.32 Å². The van der Waals surface area contributed by atoms with Gasteiger partial charge in [0.05, 0.1) is 6.42 Å². The van der Waals surface area contributed by atoms with Gasteiger partial charge in [0.15, 0.2) is 6.10 Å². The zero-order valence-electron chi connectivity index (χ0n) is 15.6. The summed E-state index contributed by atoms with van der Waals surface area (Å²) in [6.45, 7) is 2.12. The van der Waals surface area contributed by atoms with Crippen LogP contribution in [0.4, 0.5) is 0 Å². The first-order chi connectivity index (χ1) is 12.5. The molecule has 0 aromatic heterocycles. The van der Waals surface area contributed by atoms with Crippen molar-refractivity contribution in [2.45, 2.75) is 64.5 Å². The number of benzene rings is 1. The number of rotatable bonds is 6. The van der Waals surface area contributed by atoms with Crippen LogP contribution in [0, 0.1) is 23.2 Å². The van der Waals surface area contributed by atoms with Crippen molar-refractivity contribution in [2.75, 3.05) is 0 Å². The van der Waals surface area contributed by atoms with E-state index in [1.54, 1.807) is 6.92 Å². The Morgan fingerprint density at radius 1 is 1.08 bits per heavy atom. The van der Waals surface area contributed by atoms with E-state index >= 15 is 0 Å². The minimum Gasteiger partial charge on any atom is -0.453 e. The Hall–Kier alpha value is -1.84. The van der Waals surface area contributed by atoms with Crippen molar-refractivity contribution < 1.29 is 14.3 Å². The molecule has 4 saturated carbocycles. The minimum absolute atomic E-state index is 0.159. The maximum Gasteiger partial charge on any atom is 0.307 e. The molecule has 0 aliphatic heterocycles. The summed E-state index contributed by atoms with van der Waals surface area (Å²) in [5.74, 6) is 2.03. The van der Waals surface area contributed by atoms with Crippen LogP contribution in [0.25, 0.3) is 0 Å². The summed E-state index contributed by atoms with van der Waals surface area (Å²) in [7, 11) is 0. The van der Waals surface area contributed by atoms with Crippen molar-refractivity contribution >= 4 is 11.9 Å². The van der Waals surface area contributed by atoms with Crippen molar-refractivity contribution in [1.82, 2.24) is 5.32 Å². The maximum absolute atomic E-state index is 12.5. The zero-order valence-corrected chi connectivity index (χ0v) is 15.6. The van der Waals surface area contributed by atoms with Gasteiger partial charge in [0.2, 0.25) is 0 Å². The molecule has 0 radical (unpaired) electrons. The molecular weight excluding hydrogens is 326 g/mol. The van der Waals surface area contributed by atoms with Gasteiger partial charge in [-0.3, -0.25) is 9.59 Å². The molecule has 0 spiro atoms. The smallest absolute Gasteiger partial charge is 0.307 e. The zero-order chi connectivity index (χ0) is 18.1. The molecule has 26 heavy (non-hydrogen) atoms. The highest BCUT2D eigenvalue weighted by Gasteiger charge is 2.51. The van der Waals surface area contributed by atoms with E-state index in [4.69, 9.17) is 4.74 Å². The van der Waals surface area contributed by atoms with Crippen LogP contribution in [0.15, 0.2) is 30.3 Å². The molecule has 140 valence electrons. The molecule has 1 atom stereocenters. The second-order valence-corrected chi connectivity index (χ2v) is 8.93. The summed E-state index contributed by atoms with van der Waals surface area (Å²) in [4.78, 5) is 24.7. The normalized spacial score (nSPS) is 32.9. The van der Waals surface area contributed by atoms with Crippen LogP contribution < -0.4 is 5.32 Å². The first-order valence-corrected chi connectivity index (χ1v) is 10.0. The number of esters is 1. The first kappa shape index (κ1) is 17.6. The van der Waals surface area contributed by atoms with Crippen molar-refractivity contribution in [2.24, 2.45) is 23.2 Å². The molecule has 4 nitrogen and oxygen atoms in total. The number of hydrogen-bond acceptors (Lipinski definition) is 3. The fourth-order valence-corrected chi connectivity index (χ4v) is 6.03. The Bertz CT molecular complexity index is 634. The molecule has 4 heteroatoms. The van der Waals surface area contributed by atoms with Gasteiger partial charge in [-0.25, -0.2) is 0 Å². The Kier molecular flexibility index (Phi) is 4.76. The highest BCUT2D eigenvalue weighted by molar-refractivity contribution is 5.83. The molecule has 0 unspecified atom stereocenters. The van der Waals surface area contributed by atoms with Gasteiger partial charge in [-0.15, -0.1) is 0 Å². The quantitative estimate of drug-likeness (QED) is 0.789. The lowest BCUT2D eigenvalue weighted by molar-refractivity contribution is -0.161. The third-order valence-corrected chi connectivity index (χ3v) is 6.67. The van der Waals surface area contributed by atoms with Gasteiger partial charge >= 0.3 is 5.97 Å². The fourth-order valence-electron chi connectivity index (χ4n) is 6.03. The van der Waals surface area contributed by atoms with Crippen molar-refractivity contribution in [1.29, 1.82) is 0 Å². The summed E-state index contributed by atoms with van der Waals surface area (Å²) in [6.07, 6.45) is 7.41. The molecule has 4 aliphatic carbocycles. The molecule has 4 bridgehead atoms. The summed E-state index contributed by atoms with van der Waals surface area (Å²) in [6, 6.07) is 9.75. The van der Waals surface area contributed by atoms with Crippen molar-refractivity contribution in [3.05, 3.63) is 35.9 Å². The second kappa shape index (κ2) is 7.05. The van der Waals surface area contributed by atoms with Gasteiger partial charge in [-0.2, -0.15) is 0 Å². The van der Waals surface area contributed by atoms with Gasteiger partial charge < -0.3 is 10.1 Å². The Morgan fingerprint density at radius 2 is 1.65 bits per heavy atom. The van der Waals surface area contributed by atoms with E-state index in [0.717, 1.165) is 23.3 Å². The van der Waals surface area contributed by atoms with E-state index in [1.807, 2.05) is 30.3 Å². The van der Waals surface area contributed by atoms with Gasteiger partial charge in [-0.1, -0.05) is 30.3 Å². The summed E-state index contributed by atoms with van der Waals surface area (Å²) in [5, 5.41) is 2.85. The van der Waals surface area contributed by atoms with Crippen LogP contribution in [-0.2, 0) is 20.9 Å². The molecule has 1 N–H and O–H groups in total. The summed E-state index contributed by atoms with van der Waals surface area (Å²) in [5.41, 5.74) is 1.19. The largest absolute Gasteiger partial charge is 0.453 e. The first-order valence-electron chi connectivity index (χ1n) is 10.0. The van der Waals surface area contributed by atoms with E-state index in [-0.39, 0.29) is 17.3 Å². The SMILES string of the molecule is C[C@@H](OC(=O)CC12CC3CC(CC(C3)C1)C2)C(=O)NCc1ccccc1.